The number of esters is 3. The van der Waals surface area contributed by atoms with Gasteiger partial charge in [0.15, 0.2) is 6.10 Å². The van der Waals surface area contributed by atoms with Crippen molar-refractivity contribution < 1.29 is 28.6 Å². The second-order valence-corrected chi connectivity index (χ2v) is 16.8. The van der Waals surface area contributed by atoms with Crippen molar-refractivity contribution >= 4 is 17.9 Å². The van der Waals surface area contributed by atoms with Gasteiger partial charge in [0.05, 0.1) is 0 Å². The van der Waals surface area contributed by atoms with E-state index in [2.05, 4.69) is 81.5 Å². The number of ether oxygens (including phenoxy) is 3. The molecule has 0 rings (SSSR count). The zero-order chi connectivity index (χ0) is 43.7. The molecule has 0 bridgehead atoms. The normalized spacial score (nSPS) is 12.5. The maximum atomic E-state index is 12.8. The van der Waals surface area contributed by atoms with Gasteiger partial charge in [0.2, 0.25) is 0 Å². The van der Waals surface area contributed by atoms with Crippen molar-refractivity contribution in [3.63, 3.8) is 0 Å². The first-order valence-electron chi connectivity index (χ1n) is 25.3. The van der Waals surface area contributed by atoms with Gasteiger partial charge in [-0.25, -0.2) is 0 Å². The molecular weight excluding hydrogens is 745 g/mol. The Labute approximate surface area is 370 Å². The number of rotatable bonds is 45. The van der Waals surface area contributed by atoms with E-state index in [0.29, 0.717) is 19.3 Å². The summed E-state index contributed by atoms with van der Waals surface area (Å²) >= 11 is 0. The summed E-state index contributed by atoms with van der Waals surface area (Å²) in [4.78, 5) is 37.9. The first-order valence-corrected chi connectivity index (χ1v) is 25.3. The predicted octanol–water partition coefficient (Wildman–Crippen LogP) is 16.5. The Kier molecular flexibility index (Phi) is 46.4. The van der Waals surface area contributed by atoms with Crippen LogP contribution in [0.25, 0.3) is 0 Å². The van der Waals surface area contributed by atoms with Gasteiger partial charge in [0.25, 0.3) is 0 Å². The number of carbonyl (C=O) groups is 3. The quantitative estimate of drug-likeness (QED) is 0.0200. The van der Waals surface area contributed by atoms with E-state index >= 15 is 0 Å². The Morgan fingerprint density at radius 3 is 1.02 bits per heavy atom. The van der Waals surface area contributed by atoms with E-state index in [0.717, 1.165) is 83.5 Å². The molecule has 0 radical (unpaired) electrons. The summed E-state index contributed by atoms with van der Waals surface area (Å²) < 4.78 is 16.7. The average molecular weight is 839 g/mol. The molecule has 0 spiro atoms. The first-order chi connectivity index (χ1) is 29.5. The van der Waals surface area contributed by atoms with E-state index in [1.165, 1.54) is 122 Å². The monoisotopic (exact) mass is 839 g/mol. The van der Waals surface area contributed by atoms with Gasteiger partial charge < -0.3 is 14.2 Å². The minimum Gasteiger partial charge on any atom is -0.462 e. The third-order valence-corrected chi connectivity index (χ3v) is 10.8. The maximum absolute atomic E-state index is 12.8. The van der Waals surface area contributed by atoms with Crippen molar-refractivity contribution in [3.05, 3.63) is 60.8 Å². The molecule has 0 aliphatic carbocycles. The topological polar surface area (TPSA) is 78.9 Å². The summed E-state index contributed by atoms with van der Waals surface area (Å²) in [5.41, 5.74) is 0. The molecule has 1 unspecified atom stereocenters. The molecule has 0 saturated carbocycles. The highest BCUT2D eigenvalue weighted by Gasteiger charge is 2.19. The highest BCUT2D eigenvalue weighted by Crippen LogP contribution is 2.14. The van der Waals surface area contributed by atoms with Gasteiger partial charge in [0, 0.05) is 19.3 Å². The lowest BCUT2D eigenvalue weighted by Crippen LogP contribution is -2.30. The smallest absolute Gasteiger partial charge is 0.306 e. The number of carbonyl (C=O) groups excluding carboxylic acids is 3. The molecule has 0 aromatic rings. The summed E-state index contributed by atoms with van der Waals surface area (Å²) in [6.07, 6.45) is 59.2. The Bertz CT molecular complexity index is 1100. The fourth-order valence-corrected chi connectivity index (χ4v) is 6.87. The molecule has 0 heterocycles. The van der Waals surface area contributed by atoms with Crippen LogP contribution >= 0.6 is 0 Å². The molecule has 6 heteroatoms. The number of hydrogen-bond acceptors (Lipinski definition) is 6. The summed E-state index contributed by atoms with van der Waals surface area (Å²) in [5.74, 6) is -0.953. The van der Waals surface area contributed by atoms with Gasteiger partial charge in [-0.15, -0.1) is 0 Å². The summed E-state index contributed by atoms with van der Waals surface area (Å²) in [5, 5.41) is 0. The van der Waals surface area contributed by atoms with Crippen LogP contribution in [0.5, 0.6) is 0 Å². The van der Waals surface area contributed by atoms with Crippen LogP contribution in [-0.2, 0) is 28.6 Å². The zero-order valence-corrected chi connectivity index (χ0v) is 39.5. The third kappa shape index (κ3) is 46.2. The predicted molar refractivity (Wildman–Crippen MR) is 256 cm³/mol. The largest absolute Gasteiger partial charge is 0.462 e. The summed E-state index contributed by atoms with van der Waals surface area (Å²) in [6.45, 7) is 6.52. The molecule has 1 atom stereocenters. The molecule has 0 saturated heterocycles. The van der Waals surface area contributed by atoms with E-state index in [1.807, 2.05) is 0 Å². The van der Waals surface area contributed by atoms with Crippen molar-refractivity contribution in [1.29, 1.82) is 0 Å². The number of allylic oxidation sites excluding steroid dienone is 10. The van der Waals surface area contributed by atoms with Gasteiger partial charge in [-0.3, -0.25) is 14.4 Å². The lowest BCUT2D eigenvalue weighted by atomic mass is 10.1. The van der Waals surface area contributed by atoms with Crippen LogP contribution in [0.2, 0.25) is 0 Å². The number of hydrogen-bond donors (Lipinski definition) is 0. The Hall–Kier alpha value is -2.89. The molecule has 0 N–H and O–H groups in total. The van der Waals surface area contributed by atoms with Crippen molar-refractivity contribution in [1.82, 2.24) is 0 Å². The Morgan fingerprint density at radius 2 is 0.617 bits per heavy atom. The molecule has 0 aromatic heterocycles. The van der Waals surface area contributed by atoms with Crippen molar-refractivity contribution in [3.8, 4) is 0 Å². The second kappa shape index (κ2) is 48.8. The van der Waals surface area contributed by atoms with Gasteiger partial charge in [-0.1, -0.05) is 197 Å². The first kappa shape index (κ1) is 57.1. The van der Waals surface area contributed by atoms with Gasteiger partial charge in [0.1, 0.15) is 13.2 Å². The van der Waals surface area contributed by atoms with Crippen molar-refractivity contribution in [2.24, 2.45) is 0 Å². The van der Waals surface area contributed by atoms with E-state index < -0.39 is 6.10 Å². The molecule has 0 amide bonds. The highest BCUT2D eigenvalue weighted by atomic mass is 16.6. The lowest BCUT2D eigenvalue weighted by molar-refractivity contribution is -0.167. The number of unbranched alkanes of at least 4 members (excludes halogenated alkanes) is 26. The van der Waals surface area contributed by atoms with Crippen LogP contribution in [-0.4, -0.2) is 37.2 Å². The van der Waals surface area contributed by atoms with Crippen LogP contribution < -0.4 is 0 Å². The van der Waals surface area contributed by atoms with E-state index in [-0.39, 0.29) is 31.1 Å². The molecule has 6 nitrogen and oxygen atoms in total. The van der Waals surface area contributed by atoms with Crippen LogP contribution in [0.4, 0.5) is 0 Å². The second-order valence-electron chi connectivity index (χ2n) is 16.8. The maximum Gasteiger partial charge on any atom is 0.306 e. The Balaban J connectivity index is 4.44. The van der Waals surface area contributed by atoms with Crippen molar-refractivity contribution in [2.75, 3.05) is 13.2 Å². The van der Waals surface area contributed by atoms with Crippen molar-refractivity contribution in [2.45, 2.75) is 252 Å². The average Bonchev–Trinajstić information content (AvgIpc) is 3.24. The van der Waals surface area contributed by atoms with Crippen LogP contribution in [0.3, 0.4) is 0 Å². The third-order valence-electron chi connectivity index (χ3n) is 10.8. The Morgan fingerprint density at radius 1 is 0.333 bits per heavy atom. The van der Waals surface area contributed by atoms with Gasteiger partial charge in [-0.2, -0.15) is 0 Å². The fourth-order valence-electron chi connectivity index (χ4n) is 6.87. The zero-order valence-electron chi connectivity index (χ0n) is 39.5. The summed E-state index contributed by atoms with van der Waals surface area (Å²) in [6, 6.07) is 0. The van der Waals surface area contributed by atoms with E-state index in [1.54, 1.807) is 0 Å². The van der Waals surface area contributed by atoms with Crippen LogP contribution in [0.1, 0.15) is 245 Å². The van der Waals surface area contributed by atoms with Gasteiger partial charge in [-0.05, 0) is 89.9 Å². The molecule has 60 heavy (non-hydrogen) atoms. The van der Waals surface area contributed by atoms with E-state index in [4.69, 9.17) is 14.2 Å². The molecule has 346 valence electrons. The highest BCUT2D eigenvalue weighted by molar-refractivity contribution is 5.71. The molecule has 0 fully saturated rings. The lowest BCUT2D eigenvalue weighted by Gasteiger charge is -2.18. The molecule has 0 aliphatic heterocycles. The van der Waals surface area contributed by atoms with Crippen LogP contribution in [0.15, 0.2) is 60.8 Å². The molecule has 0 aromatic carbocycles. The fraction of sp³-hybridized carbons (Fsp3) is 0.759. The standard InChI is InChI=1S/C54H94O6/c1-4-7-10-13-16-19-22-24-26-28-29-32-35-38-41-44-47-53(56)59-50-51(49-58-52(55)46-43-40-37-34-31-21-18-15-12-9-6-3)60-54(57)48-45-42-39-36-33-30-27-25-23-20-17-14-11-8-5-2/h15,18,20-21,23,26,28-29,31-32,51H,4-14,16-17,19,22,24-25,27,30,33-50H2,1-3H3/b18-15-,23-20-,28-26-,31-21-,32-29-. The minimum absolute atomic E-state index is 0.0982. The minimum atomic E-state index is -0.796. The summed E-state index contributed by atoms with van der Waals surface area (Å²) in [7, 11) is 0. The van der Waals surface area contributed by atoms with E-state index in [9.17, 15) is 14.4 Å². The SMILES string of the molecule is CCCC/C=C\C=C/CCCCCC(=O)OCC(COC(=O)CCCCC/C=C\C=C/CCCCCCCCC)OC(=O)CCCCCCCCC/C=C\CCCCCC. The van der Waals surface area contributed by atoms with Crippen LogP contribution in [0, 0.1) is 0 Å². The molecular formula is C54H94O6. The van der Waals surface area contributed by atoms with Gasteiger partial charge >= 0.3 is 17.9 Å². The molecule has 0 aliphatic rings.